The zero-order valence-corrected chi connectivity index (χ0v) is 17.1. The first-order valence-corrected chi connectivity index (χ1v) is 10.9. The van der Waals surface area contributed by atoms with Gasteiger partial charge in [-0.25, -0.2) is 4.39 Å². The van der Waals surface area contributed by atoms with Crippen molar-refractivity contribution in [1.82, 2.24) is 9.88 Å². The van der Waals surface area contributed by atoms with Crippen LogP contribution in [0, 0.1) is 11.7 Å². The fourth-order valence-electron chi connectivity index (χ4n) is 5.14. The fourth-order valence-corrected chi connectivity index (χ4v) is 5.14. The predicted octanol–water partition coefficient (Wildman–Crippen LogP) is 4.95. The van der Waals surface area contributed by atoms with E-state index in [1.54, 1.807) is 12.1 Å². The standard InChI is InChI=1S/C25H27FN2O2/c26-20-7-5-18(6-8-20)15-19-9-14-30-25(16-19)10-12-28(13-11-25)24(29)22-17-27-23-4-2-1-3-21(22)23/h1-8,17,19,27H,9-16H2. The number of nitrogens with one attached hydrogen (secondary N) is 1. The Kier molecular flexibility index (Phi) is 5.07. The SMILES string of the molecule is O=C(c1c[nH]c2ccccc12)N1CCC2(CC1)CC(Cc1ccc(F)cc1)CCO2. The van der Waals surface area contributed by atoms with Gasteiger partial charge in [-0.05, 0) is 61.8 Å². The summed E-state index contributed by atoms with van der Waals surface area (Å²) < 4.78 is 19.5. The van der Waals surface area contributed by atoms with Gasteiger partial charge in [-0.15, -0.1) is 0 Å². The molecule has 2 saturated heterocycles. The molecule has 0 saturated carbocycles. The van der Waals surface area contributed by atoms with Crippen LogP contribution in [0.15, 0.2) is 54.7 Å². The van der Waals surface area contributed by atoms with E-state index in [-0.39, 0.29) is 17.3 Å². The molecule has 1 N–H and O–H groups in total. The second kappa shape index (κ2) is 7.88. The molecule has 2 aliphatic rings. The minimum absolute atomic E-state index is 0.0981. The molecule has 1 unspecified atom stereocenters. The number of aromatic amines is 1. The van der Waals surface area contributed by atoms with Crippen LogP contribution in [0.3, 0.4) is 0 Å². The second-order valence-corrected chi connectivity index (χ2v) is 8.76. The smallest absolute Gasteiger partial charge is 0.256 e. The number of H-pyrrole nitrogens is 1. The van der Waals surface area contributed by atoms with E-state index in [1.807, 2.05) is 47.5 Å². The van der Waals surface area contributed by atoms with Gasteiger partial charge in [0.25, 0.3) is 5.91 Å². The lowest BCUT2D eigenvalue weighted by Gasteiger charge is -2.46. The van der Waals surface area contributed by atoms with Gasteiger partial charge in [0.1, 0.15) is 5.82 Å². The summed E-state index contributed by atoms with van der Waals surface area (Å²) in [4.78, 5) is 18.3. The minimum Gasteiger partial charge on any atom is -0.375 e. The molecule has 3 aromatic rings. The Hall–Kier alpha value is -2.66. The first-order valence-electron chi connectivity index (χ1n) is 10.9. The number of piperidine rings is 1. The molecule has 0 aliphatic carbocycles. The van der Waals surface area contributed by atoms with Crippen molar-refractivity contribution in [3.63, 3.8) is 0 Å². The molecule has 0 bridgehead atoms. The van der Waals surface area contributed by atoms with Crippen LogP contribution in [0.25, 0.3) is 10.9 Å². The molecule has 1 atom stereocenters. The number of para-hydroxylation sites is 1. The Morgan fingerprint density at radius 1 is 1.13 bits per heavy atom. The van der Waals surface area contributed by atoms with Crippen molar-refractivity contribution in [1.29, 1.82) is 0 Å². The average Bonchev–Trinajstić information content (AvgIpc) is 3.20. The number of nitrogens with zero attached hydrogens (tertiary/aromatic N) is 1. The van der Waals surface area contributed by atoms with E-state index in [4.69, 9.17) is 4.74 Å². The van der Waals surface area contributed by atoms with Crippen LogP contribution < -0.4 is 0 Å². The van der Waals surface area contributed by atoms with Crippen LogP contribution in [-0.4, -0.2) is 41.1 Å². The number of carbonyl (C=O) groups excluding carboxylic acids is 1. The number of halogens is 1. The van der Waals surface area contributed by atoms with Crippen LogP contribution in [-0.2, 0) is 11.2 Å². The number of rotatable bonds is 3. The molecule has 5 heteroatoms. The molecule has 0 radical (unpaired) electrons. The molecule has 2 aromatic carbocycles. The topological polar surface area (TPSA) is 45.3 Å². The molecule has 2 fully saturated rings. The molecule has 30 heavy (non-hydrogen) atoms. The van der Waals surface area contributed by atoms with Crippen LogP contribution in [0.2, 0.25) is 0 Å². The van der Waals surface area contributed by atoms with Gasteiger partial charge in [0, 0.05) is 36.8 Å². The molecule has 1 aromatic heterocycles. The maximum absolute atomic E-state index is 13.2. The quantitative estimate of drug-likeness (QED) is 0.669. The highest BCUT2D eigenvalue weighted by atomic mass is 19.1. The Labute approximate surface area is 176 Å². The maximum atomic E-state index is 13.2. The van der Waals surface area contributed by atoms with Gasteiger partial charge in [0.15, 0.2) is 0 Å². The van der Waals surface area contributed by atoms with Gasteiger partial charge < -0.3 is 14.6 Å². The number of carbonyl (C=O) groups is 1. The Bertz CT molecular complexity index is 1030. The lowest BCUT2D eigenvalue weighted by Crippen LogP contribution is -2.51. The van der Waals surface area contributed by atoms with Crippen molar-refractivity contribution >= 4 is 16.8 Å². The summed E-state index contributed by atoms with van der Waals surface area (Å²) >= 11 is 0. The number of likely N-dealkylation sites (tertiary alicyclic amines) is 1. The molecule has 4 nitrogen and oxygen atoms in total. The summed E-state index contributed by atoms with van der Waals surface area (Å²) in [5.74, 6) is 0.454. The Morgan fingerprint density at radius 3 is 2.70 bits per heavy atom. The highest BCUT2D eigenvalue weighted by Crippen LogP contribution is 2.39. The number of ether oxygens (including phenoxy) is 1. The summed E-state index contributed by atoms with van der Waals surface area (Å²) in [6.07, 6.45) is 6.59. The van der Waals surface area contributed by atoms with Gasteiger partial charge >= 0.3 is 0 Å². The third-order valence-corrected chi connectivity index (χ3v) is 6.81. The maximum Gasteiger partial charge on any atom is 0.256 e. The zero-order chi connectivity index (χ0) is 20.6. The average molecular weight is 407 g/mol. The largest absolute Gasteiger partial charge is 0.375 e. The van der Waals surface area contributed by atoms with E-state index in [0.29, 0.717) is 5.92 Å². The van der Waals surface area contributed by atoms with Crippen molar-refractivity contribution in [2.45, 2.75) is 37.7 Å². The second-order valence-electron chi connectivity index (χ2n) is 8.76. The summed E-state index contributed by atoms with van der Waals surface area (Å²) in [5.41, 5.74) is 2.80. The summed E-state index contributed by atoms with van der Waals surface area (Å²) in [6.45, 7) is 2.21. The Balaban J connectivity index is 1.23. The van der Waals surface area contributed by atoms with E-state index >= 15 is 0 Å². The van der Waals surface area contributed by atoms with Crippen molar-refractivity contribution < 1.29 is 13.9 Å². The molecule has 3 heterocycles. The van der Waals surface area contributed by atoms with Gasteiger partial charge in [-0.3, -0.25) is 4.79 Å². The fraction of sp³-hybridized carbons (Fsp3) is 0.400. The van der Waals surface area contributed by atoms with E-state index < -0.39 is 0 Å². The van der Waals surface area contributed by atoms with E-state index in [0.717, 1.165) is 68.3 Å². The van der Waals surface area contributed by atoms with Crippen molar-refractivity contribution in [3.8, 4) is 0 Å². The highest BCUT2D eigenvalue weighted by Gasteiger charge is 2.41. The minimum atomic E-state index is -0.186. The monoisotopic (exact) mass is 406 g/mol. The summed E-state index contributed by atoms with van der Waals surface area (Å²) in [5, 5.41) is 0.982. The van der Waals surface area contributed by atoms with Crippen molar-refractivity contribution in [2.75, 3.05) is 19.7 Å². The lowest BCUT2D eigenvalue weighted by molar-refractivity contribution is -0.123. The first-order chi connectivity index (χ1) is 14.6. The number of fused-ring (bicyclic) bond motifs is 1. The molecular weight excluding hydrogens is 379 g/mol. The van der Waals surface area contributed by atoms with Gasteiger partial charge in [0.05, 0.1) is 11.2 Å². The van der Waals surface area contributed by atoms with Crippen LogP contribution in [0.1, 0.15) is 41.6 Å². The zero-order valence-electron chi connectivity index (χ0n) is 17.1. The van der Waals surface area contributed by atoms with E-state index in [9.17, 15) is 9.18 Å². The predicted molar refractivity (Wildman–Crippen MR) is 115 cm³/mol. The van der Waals surface area contributed by atoms with Crippen molar-refractivity contribution in [3.05, 3.63) is 71.7 Å². The van der Waals surface area contributed by atoms with E-state index in [1.165, 1.54) is 5.56 Å². The molecule has 5 rings (SSSR count). The van der Waals surface area contributed by atoms with E-state index in [2.05, 4.69) is 4.98 Å². The first kappa shape index (κ1) is 19.3. The summed E-state index contributed by atoms with van der Waals surface area (Å²) in [7, 11) is 0. The number of aromatic nitrogens is 1. The molecule has 2 aliphatic heterocycles. The molecule has 1 spiro atoms. The molecule has 156 valence electrons. The highest BCUT2D eigenvalue weighted by molar-refractivity contribution is 6.06. The lowest BCUT2D eigenvalue weighted by atomic mass is 9.77. The van der Waals surface area contributed by atoms with Gasteiger partial charge in [-0.1, -0.05) is 30.3 Å². The van der Waals surface area contributed by atoms with Gasteiger partial charge in [-0.2, -0.15) is 0 Å². The number of benzene rings is 2. The third-order valence-electron chi connectivity index (χ3n) is 6.81. The third kappa shape index (κ3) is 3.74. The Morgan fingerprint density at radius 2 is 1.90 bits per heavy atom. The van der Waals surface area contributed by atoms with Crippen LogP contribution in [0.4, 0.5) is 4.39 Å². The summed E-state index contributed by atoms with van der Waals surface area (Å²) in [6, 6.07) is 14.8. The number of hydrogen-bond donors (Lipinski definition) is 1. The number of amides is 1. The normalized spacial score (nSPS) is 21.2. The van der Waals surface area contributed by atoms with Crippen molar-refractivity contribution in [2.24, 2.45) is 5.92 Å². The van der Waals surface area contributed by atoms with Crippen LogP contribution in [0.5, 0.6) is 0 Å². The molecular formula is C25H27FN2O2. The molecule has 1 amide bonds. The van der Waals surface area contributed by atoms with Gasteiger partial charge in [0.2, 0.25) is 0 Å². The number of hydrogen-bond acceptors (Lipinski definition) is 2. The van der Waals surface area contributed by atoms with Crippen LogP contribution >= 0.6 is 0 Å².